The number of pyridine rings is 1. The van der Waals surface area contributed by atoms with Gasteiger partial charge in [0, 0.05) is 23.5 Å². The van der Waals surface area contributed by atoms with Gasteiger partial charge in [0.15, 0.2) is 5.82 Å². The van der Waals surface area contributed by atoms with Gasteiger partial charge in [-0.2, -0.15) is 0 Å². The predicted molar refractivity (Wildman–Crippen MR) is 120 cm³/mol. The molecule has 9 nitrogen and oxygen atoms in total. The molecule has 0 saturated carbocycles. The number of carbonyl (C=O) groups excluding carboxylic acids is 2. The highest BCUT2D eigenvalue weighted by Gasteiger charge is 2.31. The van der Waals surface area contributed by atoms with E-state index in [-0.39, 0.29) is 11.4 Å². The van der Waals surface area contributed by atoms with Gasteiger partial charge in [0.1, 0.15) is 11.5 Å². The van der Waals surface area contributed by atoms with Crippen molar-refractivity contribution in [3.05, 3.63) is 73.1 Å². The van der Waals surface area contributed by atoms with Crippen molar-refractivity contribution < 1.29 is 37.0 Å². The second-order valence-corrected chi connectivity index (χ2v) is 6.96. The van der Waals surface area contributed by atoms with Crippen molar-refractivity contribution in [2.24, 2.45) is 0 Å². The number of hydrogen-bond acceptors (Lipinski definition) is 6. The van der Waals surface area contributed by atoms with Crippen LogP contribution in [0.3, 0.4) is 0 Å². The molecule has 2 heterocycles. The quantitative estimate of drug-likeness (QED) is 0.277. The molecule has 0 fully saturated rings. The summed E-state index contributed by atoms with van der Waals surface area (Å²) in [5, 5.41) is 5.81. The molecule has 2 amide bonds. The highest BCUT2D eigenvalue weighted by atomic mass is 19.4. The van der Waals surface area contributed by atoms with Crippen molar-refractivity contribution >= 4 is 34.5 Å². The first-order valence-corrected chi connectivity index (χ1v) is 9.98. The number of alkyl halides is 3. The Labute approximate surface area is 196 Å². The number of benzene rings is 2. The molecule has 0 radical (unpaired) electrons. The maximum Gasteiger partial charge on any atom is 0.573 e. The van der Waals surface area contributed by atoms with E-state index in [0.29, 0.717) is 22.4 Å². The Morgan fingerprint density at radius 3 is 2.46 bits per heavy atom. The van der Waals surface area contributed by atoms with E-state index in [0.717, 1.165) is 12.1 Å². The lowest BCUT2D eigenvalue weighted by Gasteiger charge is -2.13. The zero-order valence-corrected chi connectivity index (χ0v) is 18.0. The number of amides is 2. The summed E-state index contributed by atoms with van der Waals surface area (Å²) in [4.78, 5) is 28.4. The lowest BCUT2D eigenvalue weighted by atomic mass is 10.2. The van der Waals surface area contributed by atoms with Gasteiger partial charge in [-0.1, -0.05) is 6.07 Å². The SMILES string of the molecule is COC(=O)Oc1cccc2c1ccn2-c1ncccc1NC(=O)Nc1ccc(OC(F)(F)F)cc1. The summed E-state index contributed by atoms with van der Waals surface area (Å²) in [5.41, 5.74) is 1.24. The number of aromatic nitrogens is 2. The molecule has 0 bridgehead atoms. The van der Waals surface area contributed by atoms with Gasteiger partial charge in [-0.05, 0) is 54.6 Å². The summed E-state index contributed by atoms with van der Waals surface area (Å²) in [5.74, 6) is 0.254. The van der Waals surface area contributed by atoms with Crippen LogP contribution in [0.2, 0.25) is 0 Å². The minimum absolute atomic E-state index is 0.249. The minimum atomic E-state index is -4.81. The number of urea groups is 1. The van der Waals surface area contributed by atoms with Crippen LogP contribution in [0.25, 0.3) is 16.7 Å². The van der Waals surface area contributed by atoms with Gasteiger partial charge < -0.3 is 24.8 Å². The zero-order valence-electron chi connectivity index (χ0n) is 18.0. The van der Waals surface area contributed by atoms with Crippen molar-refractivity contribution in [2.45, 2.75) is 6.36 Å². The molecular weight excluding hydrogens is 469 g/mol. The number of anilines is 2. The van der Waals surface area contributed by atoms with E-state index in [1.807, 2.05) is 0 Å². The van der Waals surface area contributed by atoms with Crippen molar-refractivity contribution in [3.63, 3.8) is 0 Å². The third-order valence-electron chi connectivity index (χ3n) is 4.66. The standard InChI is InChI=1S/C23H17F3N4O5/c1-33-22(32)34-19-6-2-5-18-16(19)11-13-30(18)20-17(4-3-12-27-20)29-21(31)28-14-7-9-15(10-8-14)35-23(24,25)26/h2-13H,1H3,(H2,28,29,31). The smallest absolute Gasteiger partial charge is 0.437 e. The molecule has 0 unspecified atom stereocenters. The van der Waals surface area contributed by atoms with Crippen LogP contribution in [0.5, 0.6) is 11.5 Å². The van der Waals surface area contributed by atoms with E-state index in [1.54, 1.807) is 53.4 Å². The number of rotatable bonds is 5. The number of methoxy groups -OCH3 is 1. The van der Waals surface area contributed by atoms with Gasteiger partial charge in [0.25, 0.3) is 0 Å². The Balaban J connectivity index is 1.54. The van der Waals surface area contributed by atoms with E-state index in [2.05, 4.69) is 25.1 Å². The predicted octanol–water partition coefficient (Wildman–Crippen LogP) is 5.71. The van der Waals surface area contributed by atoms with Crippen molar-refractivity contribution in [3.8, 4) is 17.3 Å². The average Bonchev–Trinajstić information content (AvgIpc) is 3.25. The molecule has 0 aliphatic carbocycles. The number of fused-ring (bicyclic) bond motifs is 1. The maximum atomic E-state index is 12.5. The van der Waals surface area contributed by atoms with Crippen LogP contribution >= 0.6 is 0 Å². The van der Waals surface area contributed by atoms with E-state index in [4.69, 9.17) is 4.74 Å². The third-order valence-corrected chi connectivity index (χ3v) is 4.66. The molecule has 2 N–H and O–H groups in total. The van der Waals surface area contributed by atoms with Crippen LogP contribution in [-0.2, 0) is 4.74 Å². The Bertz CT molecular complexity index is 1370. The van der Waals surface area contributed by atoms with Gasteiger partial charge in [-0.25, -0.2) is 14.6 Å². The lowest BCUT2D eigenvalue weighted by Crippen LogP contribution is -2.21. The first-order valence-electron chi connectivity index (χ1n) is 9.98. The summed E-state index contributed by atoms with van der Waals surface area (Å²) in [6.45, 7) is 0. The number of ether oxygens (including phenoxy) is 3. The van der Waals surface area contributed by atoms with Crippen LogP contribution in [-0.4, -0.2) is 35.2 Å². The van der Waals surface area contributed by atoms with E-state index >= 15 is 0 Å². The molecule has 4 aromatic rings. The Hall–Kier alpha value is -4.74. The number of hydrogen-bond donors (Lipinski definition) is 2. The number of nitrogens with zero attached hydrogens (tertiary/aromatic N) is 2. The van der Waals surface area contributed by atoms with E-state index in [9.17, 15) is 22.8 Å². The second kappa shape index (κ2) is 9.63. The fourth-order valence-electron chi connectivity index (χ4n) is 3.26. The maximum absolute atomic E-state index is 12.5. The second-order valence-electron chi connectivity index (χ2n) is 6.96. The van der Waals surface area contributed by atoms with Crippen molar-refractivity contribution in [1.29, 1.82) is 0 Å². The molecular formula is C23H17F3N4O5. The van der Waals surface area contributed by atoms with Crippen molar-refractivity contribution in [2.75, 3.05) is 17.7 Å². The number of carbonyl (C=O) groups is 2. The molecule has 4 rings (SSSR count). The van der Waals surface area contributed by atoms with Gasteiger partial charge in [0.2, 0.25) is 0 Å². The zero-order chi connectivity index (χ0) is 25.0. The molecule has 0 atom stereocenters. The number of halogens is 3. The van der Waals surface area contributed by atoms with Gasteiger partial charge in [0.05, 0.1) is 18.3 Å². The Kier molecular flexibility index (Phi) is 6.44. The highest BCUT2D eigenvalue weighted by Crippen LogP contribution is 2.31. The lowest BCUT2D eigenvalue weighted by molar-refractivity contribution is -0.274. The van der Waals surface area contributed by atoms with E-state index in [1.165, 1.54) is 19.2 Å². The number of nitrogens with one attached hydrogen (secondary N) is 2. The first kappa shape index (κ1) is 23.4. The van der Waals surface area contributed by atoms with E-state index < -0.39 is 24.3 Å². The van der Waals surface area contributed by atoms with Gasteiger partial charge in [-0.3, -0.25) is 4.57 Å². The Morgan fingerprint density at radius 2 is 1.74 bits per heavy atom. The van der Waals surface area contributed by atoms with Crippen LogP contribution in [0.15, 0.2) is 73.1 Å². The molecule has 0 aliphatic heterocycles. The molecule has 0 aliphatic rings. The topological polar surface area (TPSA) is 104 Å². The third kappa shape index (κ3) is 5.61. The minimum Gasteiger partial charge on any atom is -0.437 e. The molecule has 0 saturated heterocycles. The summed E-state index contributed by atoms with van der Waals surface area (Å²) < 4.78 is 52.1. The fourth-order valence-corrected chi connectivity index (χ4v) is 3.26. The summed E-state index contributed by atoms with van der Waals surface area (Å²) >= 11 is 0. The van der Waals surface area contributed by atoms with Crippen molar-refractivity contribution in [1.82, 2.24) is 9.55 Å². The summed E-state index contributed by atoms with van der Waals surface area (Å²) in [7, 11) is 1.20. The summed E-state index contributed by atoms with van der Waals surface area (Å²) in [6, 6.07) is 14.1. The summed E-state index contributed by atoms with van der Waals surface area (Å²) in [6.07, 6.45) is -2.43. The molecule has 2 aromatic carbocycles. The Morgan fingerprint density at radius 1 is 0.971 bits per heavy atom. The van der Waals surface area contributed by atoms with Crippen LogP contribution in [0.1, 0.15) is 0 Å². The van der Waals surface area contributed by atoms with Gasteiger partial charge >= 0.3 is 18.5 Å². The first-order chi connectivity index (χ1) is 16.7. The monoisotopic (exact) mass is 486 g/mol. The van der Waals surface area contributed by atoms with Crippen LogP contribution < -0.4 is 20.1 Å². The van der Waals surface area contributed by atoms with Crippen LogP contribution in [0.4, 0.5) is 34.1 Å². The largest absolute Gasteiger partial charge is 0.573 e. The van der Waals surface area contributed by atoms with Gasteiger partial charge in [-0.15, -0.1) is 13.2 Å². The molecule has 35 heavy (non-hydrogen) atoms. The normalized spacial score (nSPS) is 11.1. The highest BCUT2D eigenvalue weighted by molar-refractivity contribution is 6.01. The average molecular weight is 486 g/mol. The fraction of sp³-hybridized carbons (Fsp3) is 0.0870. The van der Waals surface area contributed by atoms with Crippen LogP contribution in [0, 0.1) is 0 Å². The molecule has 2 aromatic heterocycles. The molecule has 180 valence electrons. The molecule has 0 spiro atoms. The molecule has 12 heteroatoms.